The van der Waals surface area contributed by atoms with E-state index in [1.54, 1.807) is 0 Å². The molecule has 0 aliphatic rings. The Labute approximate surface area is 941 Å². The molecule has 0 unspecified atom stereocenters. The van der Waals surface area contributed by atoms with Gasteiger partial charge in [-0.3, -0.25) is 58.9 Å². The van der Waals surface area contributed by atoms with Crippen LogP contribution in [0.2, 0.25) is 0 Å². The van der Waals surface area contributed by atoms with E-state index in [0.717, 1.165) is 0 Å². The van der Waals surface area contributed by atoms with Crippen molar-refractivity contribution < 1.29 is 296 Å². The summed E-state index contributed by atoms with van der Waals surface area (Å²) in [5.41, 5.74) is 0. The van der Waals surface area contributed by atoms with Gasteiger partial charge in [0.25, 0.3) is 0 Å². The Kier molecular flexibility index (Phi) is 359. The summed E-state index contributed by atoms with van der Waals surface area (Å²) in [5, 5.41) is 0. The summed E-state index contributed by atoms with van der Waals surface area (Å²) in [7, 11) is -73.9. The average molecular weight is 3390 g/mol. The van der Waals surface area contributed by atoms with Crippen LogP contribution in [0.5, 0.6) is 0 Å². The Balaban J connectivity index is -0.00000000942. The van der Waals surface area contributed by atoms with Crippen LogP contribution >= 0.6 is 54.8 Å². The maximum atomic E-state index is 8.55. The van der Waals surface area contributed by atoms with Gasteiger partial charge in [0.05, 0.1) is 0 Å². The molecule has 0 aromatic carbocycles. The molecule has 0 saturated carbocycles. The molecule has 7 N–H and O–H groups in total. The van der Waals surface area contributed by atoms with E-state index in [1.165, 1.54) is 0 Å². The van der Waals surface area contributed by atoms with Crippen molar-refractivity contribution in [3.63, 3.8) is 0 Å². The molecule has 0 atom stereocenters. The van der Waals surface area contributed by atoms with Gasteiger partial charge in [-0.05, 0) is 0 Å². The minimum Gasteiger partial charge on any atom is -0.870 e. The zero-order valence-corrected chi connectivity index (χ0v) is 106. The van der Waals surface area contributed by atoms with E-state index in [4.69, 9.17) is 257 Å². The molecule has 0 aliphatic heterocycles. The molecule has 516 valence electrons. The first kappa shape index (κ1) is 259. The molecular formula is H7Al6O63P7Pb6S7Sr6. The molecule has 95 heteroatoms. The van der Waals surface area contributed by atoms with Gasteiger partial charge in [0.1, 0.15) is 0 Å². The minimum atomic E-state index is -5.39. The van der Waals surface area contributed by atoms with Gasteiger partial charge in [-0.1, -0.05) is 0 Å². The van der Waals surface area contributed by atoms with E-state index >= 15 is 0 Å². The monoisotopic (exact) mass is 3390 g/mol. The molecule has 0 aromatic heterocycles. The van der Waals surface area contributed by atoms with Crippen molar-refractivity contribution in [3.8, 4) is 0 Å². The van der Waals surface area contributed by atoms with Gasteiger partial charge < -0.3 is 237 Å². The second-order valence-corrected chi connectivity index (χ2v) is 18.0. The van der Waals surface area contributed by atoms with E-state index in [0.29, 0.717) is 0 Å². The third kappa shape index (κ3) is 4490. The summed E-state index contributed by atoms with van der Waals surface area (Å²) < 4.78 is 298. The fourth-order valence-corrected chi connectivity index (χ4v) is 0. The fourth-order valence-electron chi connectivity index (χ4n) is 0. The molecule has 95 heavy (non-hydrogen) atoms. The van der Waals surface area contributed by atoms with Crippen molar-refractivity contribution in [2.45, 2.75) is 0 Å². The van der Waals surface area contributed by atoms with Crippen LogP contribution in [0.15, 0.2) is 0 Å². The Morgan fingerprint density at radius 3 is 0.147 bits per heavy atom. The third-order valence-electron chi connectivity index (χ3n) is 0. The predicted octanol–water partition coefficient (Wildman–Crippen LogP) is -37.2. The van der Waals surface area contributed by atoms with Gasteiger partial charge in [0, 0.05) is 72.8 Å². The number of phosphoric acid groups is 7. The molecule has 0 saturated heterocycles. The van der Waals surface area contributed by atoms with Crippen LogP contribution < -0.4 is 103 Å². The van der Waals surface area contributed by atoms with Crippen molar-refractivity contribution in [2.24, 2.45) is 0 Å². The zero-order valence-electron chi connectivity index (χ0n) is 42.7. The average Bonchev–Trinajstić information content (AvgIpc) is 2.60. The van der Waals surface area contributed by atoms with Crippen molar-refractivity contribution in [3.05, 3.63) is 0 Å². The first-order valence-corrected chi connectivity index (χ1v) is 29.3. The van der Waals surface area contributed by atoms with Crippen LogP contribution in [-0.4, -0.2) is 702 Å². The Hall–Kier alpha value is 17.2. The maximum absolute atomic E-state index is 8.55. The van der Waals surface area contributed by atoms with Crippen molar-refractivity contribution >= 4 is 668 Å². The molecule has 0 heterocycles. The minimum absolute atomic E-state index is 0. The molecule has 0 rings (SSSR count). The zero-order chi connectivity index (χ0) is 63.0. The molecule has 0 fully saturated rings. The molecule has 0 spiro atoms. The van der Waals surface area contributed by atoms with Gasteiger partial charge in [0.2, 0.25) is 0 Å². The molecule has 0 aliphatic carbocycles. The van der Waals surface area contributed by atoms with Crippen LogP contribution in [-0.2, 0) is 105 Å². The van der Waals surface area contributed by atoms with Crippen LogP contribution in [0.4, 0.5) is 0 Å². The topological polar surface area (TPSA) is 1380 Å². The van der Waals surface area contributed by atoms with Gasteiger partial charge in [0.15, 0.2) is 0 Å². The standard InChI is InChI=1S/6Al.7H3O4P.7H2O4S.7H2O.6Pb.6Sr/c;;;;;;14*1-5(2,3)4;;;;;;;;;;;;;;;;;;;/h;;;;;;7*(H3,1,2,3,4);7*(H2,1,2,3,4);7*1H2;;;;;;;;;;;;/q6*+3;;;;;;;;;;;;;;;;;;;;;;12*+2/p-42. The van der Waals surface area contributed by atoms with Gasteiger partial charge >= 0.3 is 541 Å². The Morgan fingerprint density at radius 2 is 0.147 bits per heavy atom. The van der Waals surface area contributed by atoms with Crippen molar-refractivity contribution in [1.82, 2.24) is 0 Å². The quantitative estimate of drug-likeness (QED) is 0.0940. The molecule has 63 nitrogen and oxygen atoms in total. The molecular weight excluding hydrogens is 3380 g/mol. The number of hydrogen-bond donors (Lipinski definition) is 0. The van der Waals surface area contributed by atoms with E-state index in [9.17, 15) is 0 Å². The van der Waals surface area contributed by atoms with Gasteiger partial charge in [-0.2, -0.15) is 54.8 Å². The summed E-state index contributed by atoms with van der Waals surface area (Å²) in [6, 6.07) is 0. The second-order valence-electron chi connectivity index (χ2n) is 5.99. The Bertz CT molecular complexity index is 1900. The molecule has 0 aromatic rings. The van der Waals surface area contributed by atoms with E-state index in [-0.39, 0.29) is 579 Å². The van der Waals surface area contributed by atoms with Crippen molar-refractivity contribution in [1.29, 1.82) is 0 Å². The fraction of sp³-hybridized carbons (Fsp3) is 0. The van der Waals surface area contributed by atoms with E-state index in [2.05, 4.69) is 0 Å². The number of rotatable bonds is 0. The summed E-state index contributed by atoms with van der Waals surface area (Å²) >= 11 is 0. The largest absolute Gasteiger partial charge is 3.00 e. The normalized spacial score (nSPS) is 8.62. The first-order valence-electron chi connectivity index (χ1n) is 9.78. The molecule has 12 radical (unpaired) electrons. The Morgan fingerprint density at radius 1 is 0.147 bits per heavy atom. The summed E-state index contributed by atoms with van der Waals surface area (Å²) in [5.74, 6) is 0. The summed E-state index contributed by atoms with van der Waals surface area (Å²) in [6.45, 7) is 0. The predicted molar refractivity (Wildman–Crippen MR) is 244 cm³/mol. The molecule has 0 bridgehead atoms. The molecule has 0 amide bonds. The SMILES string of the molecule is O=P([O-])([O-])[O-].O=P([O-])([O-])[O-].O=P([O-])([O-])[O-].O=P([O-])([O-])[O-].O=P([O-])([O-])[O-].O=P([O-])([O-])[O-].O=P([O-])([O-])[O-].O=S(=O)([O-])[O-].O=S(=O)([O-])[O-].O=S(=O)([O-])[O-].O=S(=O)([O-])[O-].O=S(=O)([O-])[O-].O=S(=O)([O-])[O-].O=S(=O)([O-])[O-].[Al+3].[Al+3].[Al+3].[Al+3].[Al+3].[Al+3].[OH-].[OH-].[OH-].[OH-].[OH-].[OH-].[OH-].[Pb+2].[Pb+2].[Pb+2].[Pb+2].[Pb+2].[Pb+2].[Sr+2].[Sr+2].[Sr+2].[Sr+2].[Sr+2].[Sr+2]. The van der Waals surface area contributed by atoms with E-state index < -0.39 is 128 Å². The van der Waals surface area contributed by atoms with E-state index in [1.807, 2.05) is 0 Å². The van der Waals surface area contributed by atoms with Crippen molar-refractivity contribution in [2.75, 3.05) is 0 Å². The summed E-state index contributed by atoms with van der Waals surface area (Å²) in [6.07, 6.45) is 0. The van der Waals surface area contributed by atoms with Crippen LogP contribution in [0.1, 0.15) is 0 Å². The smallest absolute Gasteiger partial charge is 0.870 e. The second kappa shape index (κ2) is 132. The van der Waals surface area contributed by atoms with Crippen LogP contribution in [0.3, 0.4) is 0 Å². The third-order valence-corrected chi connectivity index (χ3v) is 0. The maximum Gasteiger partial charge on any atom is 3.00 e. The number of hydrogen-bond acceptors (Lipinski definition) is 63. The first-order chi connectivity index (χ1) is 28.0. The van der Waals surface area contributed by atoms with Crippen LogP contribution in [0, 0.1) is 0 Å². The van der Waals surface area contributed by atoms with Gasteiger partial charge in [-0.15, -0.1) is 0 Å². The van der Waals surface area contributed by atoms with Gasteiger partial charge in [-0.25, -0.2) is 0 Å². The summed E-state index contributed by atoms with van der Waals surface area (Å²) in [4.78, 5) is 180. The van der Waals surface area contributed by atoms with Crippen LogP contribution in [0.25, 0.3) is 0 Å².